The minimum Gasteiger partial charge on any atom is -0.389 e. The van der Waals surface area contributed by atoms with E-state index in [9.17, 15) is 5.11 Å². The molecule has 5 nitrogen and oxygen atoms in total. The van der Waals surface area contributed by atoms with Crippen LogP contribution in [0.15, 0.2) is 0 Å². The zero-order valence-electron chi connectivity index (χ0n) is 14.0. The molecule has 1 N–H and O–H groups in total. The van der Waals surface area contributed by atoms with Crippen LogP contribution in [0.25, 0.3) is 0 Å². The van der Waals surface area contributed by atoms with Gasteiger partial charge in [-0.2, -0.15) is 0 Å². The Bertz CT molecular complexity index is 267. The minimum absolute atomic E-state index is 0.369. The van der Waals surface area contributed by atoms with E-state index in [-0.39, 0.29) is 6.10 Å². The van der Waals surface area contributed by atoms with Crippen molar-refractivity contribution in [2.75, 3.05) is 65.7 Å². The smallest absolute Gasteiger partial charge is 0.0900 e. The summed E-state index contributed by atoms with van der Waals surface area (Å²) in [6.45, 7) is 8.90. The van der Waals surface area contributed by atoms with Gasteiger partial charge >= 0.3 is 0 Å². The Kier molecular flexibility index (Phi) is 9.36. The zero-order chi connectivity index (χ0) is 15.5. The van der Waals surface area contributed by atoms with Crippen molar-refractivity contribution < 1.29 is 14.6 Å². The summed E-state index contributed by atoms with van der Waals surface area (Å²) in [6.07, 6.45) is 7.53. The van der Waals surface area contributed by atoms with Crippen molar-refractivity contribution in [1.82, 2.24) is 9.80 Å². The Morgan fingerprint density at radius 1 is 0.727 bits per heavy atom. The van der Waals surface area contributed by atoms with Gasteiger partial charge in [0.2, 0.25) is 0 Å². The predicted octanol–water partition coefficient (Wildman–Crippen LogP) is 1.35. The molecular weight excluding hydrogens is 280 g/mol. The van der Waals surface area contributed by atoms with Crippen LogP contribution in [0, 0.1) is 0 Å². The van der Waals surface area contributed by atoms with Crippen LogP contribution >= 0.6 is 0 Å². The highest BCUT2D eigenvalue weighted by Gasteiger charge is 2.14. The number of ether oxygens (including phenoxy) is 2. The summed E-state index contributed by atoms with van der Waals surface area (Å²) in [7, 11) is 0. The van der Waals surface area contributed by atoms with Gasteiger partial charge in [-0.1, -0.05) is 12.8 Å². The lowest BCUT2D eigenvalue weighted by atomic mass is 10.1. The zero-order valence-corrected chi connectivity index (χ0v) is 14.0. The molecule has 1 atom stereocenters. The molecule has 0 saturated carbocycles. The molecule has 0 amide bonds. The van der Waals surface area contributed by atoms with Gasteiger partial charge in [-0.05, 0) is 51.9 Å². The van der Waals surface area contributed by atoms with Crippen LogP contribution in [-0.4, -0.2) is 86.7 Å². The Balaban J connectivity index is 1.37. The summed E-state index contributed by atoms with van der Waals surface area (Å²) < 4.78 is 11.1. The second-order valence-electron chi connectivity index (χ2n) is 6.60. The number of rotatable bonds is 10. The van der Waals surface area contributed by atoms with Gasteiger partial charge in [0.15, 0.2) is 0 Å². The lowest BCUT2D eigenvalue weighted by Gasteiger charge is -2.28. The topological polar surface area (TPSA) is 45.2 Å². The maximum Gasteiger partial charge on any atom is 0.0900 e. The summed E-state index contributed by atoms with van der Waals surface area (Å²) in [5.41, 5.74) is 0. The normalized spacial score (nSPS) is 22.8. The van der Waals surface area contributed by atoms with Crippen molar-refractivity contribution in [1.29, 1.82) is 0 Å². The van der Waals surface area contributed by atoms with E-state index in [1.54, 1.807) is 0 Å². The summed E-state index contributed by atoms with van der Waals surface area (Å²) in [6, 6.07) is 0. The van der Waals surface area contributed by atoms with Gasteiger partial charge in [0.25, 0.3) is 0 Å². The molecular formula is C17H34N2O3. The first-order valence-corrected chi connectivity index (χ1v) is 9.13. The highest BCUT2D eigenvalue weighted by atomic mass is 16.5. The van der Waals surface area contributed by atoms with Crippen LogP contribution in [0.2, 0.25) is 0 Å². The first kappa shape index (κ1) is 18.1. The average Bonchev–Trinajstić information content (AvgIpc) is 2.56. The second kappa shape index (κ2) is 11.4. The van der Waals surface area contributed by atoms with Crippen LogP contribution in [0.3, 0.4) is 0 Å². The Hall–Kier alpha value is -0.200. The number of nitrogens with zero attached hydrogens (tertiary/aromatic N) is 2. The van der Waals surface area contributed by atoms with Crippen molar-refractivity contribution in [3.63, 3.8) is 0 Å². The quantitative estimate of drug-likeness (QED) is 0.617. The van der Waals surface area contributed by atoms with E-state index in [0.717, 1.165) is 32.8 Å². The van der Waals surface area contributed by atoms with Gasteiger partial charge in [0, 0.05) is 13.1 Å². The van der Waals surface area contributed by atoms with Gasteiger partial charge in [-0.15, -0.1) is 0 Å². The lowest BCUT2D eigenvalue weighted by Crippen LogP contribution is -2.38. The number of likely N-dealkylation sites (tertiary alicyclic amines) is 2. The number of β-amino-alcohol motifs (C(OH)–C–C–N with tert-alkyl or cyclic N) is 1. The lowest BCUT2D eigenvalue weighted by molar-refractivity contribution is -0.0120. The molecule has 0 aromatic heterocycles. The fraction of sp³-hybridized carbons (Fsp3) is 1.00. The molecule has 0 unspecified atom stereocenters. The molecule has 0 radical (unpaired) electrons. The number of hydrogen-bond donors (Lipinski definition) is 1. The molecule has 0 aliphatic carbocycles. The van der Waals surface area contributed by atoms with Gasteiger partial charge in [-0.3, -0.25) is 0 Å². The summed E-state index contributed by atoms with van der Waals surface area (Å²) in [5, 5.41) is 9.96. The molecule has 2 aliphatic rings. The highest BCUT2D eigenvalue weighted by Crippen LogP contribution is 2.09. The maximum absolute atomic E-state index is 9.96. The van der Waals surface area contributed by atoms with Crippen molar-refractivity contribution in [3.8, 4) is 0 Å². The van der Waals surface area contributed by atoms with Crippen LogP contribution in [-0.2, 0) is 9.47 Å². The first-order valence-electron chi connectivity index (χ1n) is 9.13. The van der Waals surface area contributed by atoms with Gasteiger partial charge in [-0.25, -0.2) is 0 Å². The van der Waals surface area contributed by atoms with E-state index in [2.05, 4.69) is 9.80 Å². The minimum atomic E-state index is -0.369. The molecule has 0 spiro atoms. The van der Waals surface area contributed by atoms with E-state index >= 15 is 0 Å². The van der Waals surface area contributed by atoms with E-state index in [0.29, 0.717) is 19.8 Å². The Morgan fingerprint density at radius 3 is 2.00 bits per heavy atom. The third-order valence-corrected chi connectivity index (χ3v) is 4.60. The van der Waals surface area contributed by atoms with E-state index < -0.39 is 0 Å². The van der Waals surface area contributed by atoms with E-state index in [1.165, 1.54) is 51.6 Å². The molecule has 2 aliphatic heterocycles. The van der Waals surface area contributed by atoms with Gasteiger partial charge in [0.05, 0.1) is 32.5 Å². The molecule has 0 aromatic carbocycles. The van der Waals surface area contributed by atoms with Crippen molar-refractivity contribution in [2.45, 2.75) is 44.6 Å². The second-order valence-corrected chi connectivity index (χ2v) is 6.60. The summed E-state index contributed by atoms with van der Waals surface area (Å²) in [5.74, 6) is 0. The molecule has 0 aromatic rings. The fourth-order valence-corrected chi connectivity index (χ4v) is 3.31. The molecule has 2 heterocycles. The van der Waals surface area contributed by atoms with E-state index in [1.807, 2.05) is 0 Å². The van der Waals surface area contributed by atoms with Gasteiger partial charge < -0.3 is 24.4 Å². The molecule has 5 heteroatoms. The molecule has 22 heavy (non-hydrogen) atoms. The SMILES string of the molecule is O[C@@H](COCCOCCN1CCCCC1)CN1CCCCC1. The van der Waals surface area contributed by atoms with Crippen molar-refractivity contribution in [2.24, 2.45) is 0 Å². The largest absolute Gasteiger partial charge is 0.389 e. The molecule has 0 bridgehead atoms. The molecule has 2 rings (SSSR count). The Labute approximate surface area is 135 Å². The number of aliphatic hydroxyl groups is 1. The van der Waals surface area contributed by atoms with Crippen LogP contribution in [0.1, 0.15) is 38.5 Å². The summed E-state index contributed by atoms with van der Waals surface area (Å²) >= 11 is 0. The third kappa shape index (κ3) is 7.88. The monoisotopic (exact) mass is 314 g/mol. The van der Waals surface area contributed by atoms with Crippen LogP contribution in [0.5, 0.6) is 0 Å². The predicted molar refractivity (Wildman–Crippen MR) is 88.2 cm³/mol. The van der Waals surface area contributed by atoms with Crippen LogP contribution in [0.4, 0.5) is 0 Å². The number of piperidine rings is 2. The highest BCUT2D eigenvalue weighted by molar-refractivity contribution is 4.68. The molecule has 2 saturated heterocycles. The standard InChI is InChI=1S/C17H34N2O3/c20-17(15-19-9-5-2-6-10-19)16-22-14-13-21-12-11-18-7-3-1-4-8-18/h17,20H,1-16H2/t17-/m1/s1. The van der Waals surface area contributed by atoms with Gasteiger partial charge in [0.1, 0.15) is 0 Å². The fourth-order valence-electron chi connectivity index (χ4n) is 3.31. The van der Waals surface area contributed by atoms with Crippen molar-refractivity contribution >= 4 is 0 Å². The van der Waals surface area contributed by atoms with Crippen LogP contribution < -0.4 is 0 Å². The van der Waals surface area contributed by atoms with Crippen molar-refractivity contribution in [3.05, 3.63) is 0 Å². The maximum atomic E-state index is 9.96. The van der Waals surface area contributed by atoms with E-state index in [4.69, 9.17) is 9.47 Å². The molecule has 2 fully saturated rings. The third-order valence-electron chi connectivity index (χ3n) is 4.60. The molecule has 130 valence electrons. The average molecular weight is 314 g/mol. The Morgan fingerprint density at radius 2 is 1.32 bits per heavy atom. The summed E-state index contributed by atoms with van der Waals surface area (Å²) in [4.78, 5) is 4.82. The number of hydrogen-bond acceptors (Lipinski definition) is 5. The first-order chi connectivity index (χ1) is 10.8. The number of aliphatic hydroxyl groups excluding tert-OH is 1.